The molecule has 0 aliphatic carbocycles. The SMILES string of the molecule is CCOc1cccc(-c2nc3cc(OC)c(OC)cc3[nH]2)c1OC. The van der Waals surface area contributed by atoms with E-state index in [1.54, 1.807) is 21.3 Å². The van der Waals surface area contributed by atoms with Crippen LogP contribution in [-0.4, -0.2) is 37.9 Å². The zero-order valence-electron chi connectivity index (χ0n) is 14.2. The molecule has 0 spiro atoms. The van der Waals surface area contributed by atoms with Gasteiger partial charge in [-0.15, -0.1) is 0 Å². The highest BCUT2D eigenvalue weighted by molar-refractivity contribution is 5.84. The summed E-state index contributed by atoms with van der Waals surface area (Å²) in [5, 5.41) is 0. The van der Waals surface area contributed by atoms with Gasteiger partial charge >= 0.3 is 0 Å². The number of hydrogen-bond donors (Lipinski definition) is 1. The first-order valence-corrected chi connectivity index (χ1v) is 7.63. The third-order valence-electron chi connectivity index (χ3n) is 3.73. The molecule has 6 heteroatoms. The minimum absolute atomic E-state index is 0.564. The number of H-pyrrole nitrogens is 1. The van der Waals surface area contributed by atoms with Gasteiger partial charge in [-0.05, 0) is 19.1 Å². The molecule has 0 saturated heterocycles. The van der Waals surface area contributed by atoms with Crippen molar-refractivity contribution in [2.75, 3.05) is 27.9 Å². The number of para-hydroxylation sites is 1. The first-order chi connectivity index (χ1) is 11.7. The number of fused-ring (bicyclic) bond motifs is 1. The Morgan fingerprint density at radius 2 is 1.71 bits per heavy atom. The molecule has 3 rings (SSSR count). The fourth-order valence-corrected chi connectivity index (χ4v) is 2.65. The van der Waals surface area contributed by atoms with Gasteiger partial charge in [0.05, 0.1) is 44.5 Å². The number of aromatic nitrogens is 2. The normalized spacial score (nSPS) is 10.7. The second-order valence-electron chi connectivity index (χ2n) is 5.08. The van der Waals surface area contributed by atoms with Gasteiger partial charge in [0.15, 0.2) is 23.0 Å². The highest BCUT2D eigenvalue weighted by Crippen LogP contribution is 2.38. The average Bonchev–Trinajstić information content (AvgIpc) is 3.03. The molecule has 3 aromatic rings. The predicted molar refractivity (Wildman–Crippen MR) is 92.4 cm³/mol. The van der Waals surface area contributed by atoms with Gasteiger partial charge in [-0.2, -0.15) is 0 Å². The molecule has 126 valence electrons. The van der Waals surface area contributed by atoms with Crippen LogP contribution in [0.15, 0.2) is 30.3 Å². The predicted octanol–water partition coefficient (Wildman–Crippen LogP) is 3.65. The zero-order chi connectivity index (χ0) is 17.1. The molecule has 6 nitrogen and oxygen atoms in total. The lowest BCUT2D eigenvalue weighted by Crippen LogP contribution is -1.97. The number of nitrogens with zero attached hydrogens (tertiary/aromatic N) is 1. The van der Waals surface area contributed by atoms with E-state index in [9.17, 15) is 0 Å². The van der Waals surface area contributed by atoms with Crippen LogP contribution in [0.25, 0.3) is 22.4 Å². The Morgan fingerprint density at radius 1 is 0.958 bits per heavy atom. The lowest BCUT2D eigenvalue weighted by Gasteiger charge is -2.12. The van der Waals surface area contributed by atoms with Crippen molar-refractivity contribution in [1.82, 2.24) is 9.97 Å². The van der Waals surface area contributed by atoms with E-state index < -0.39 is 0 Å². The number of ether oxygens (including phenoxy) is 4. The van der Waals surface area contributed by atoms with E-state index in [-0.39, 0.29) is 0 Å². The van der Waals surface area contributed by atoms with Gasteiger partial charge in [0.2, 0.25) is 0 Å². The Hall–Kier alpha value is -2.89. The van der Waals surface area contributed by atoms with Gasteiger partial charge in [-0.1, -0.05) is 6.07 Å². The molecule has 0 bridgehead atoms. The lowest BCUT2D eigenvalue weighted by molar-refractivity contribution is 0.311. The molecule has 0 unspecified atom stereocenters. The summed E-state index contributed by atoms with van der Waals surface area (Å²) in [5.41, 5.74) is 2.47. The molecular weight excluding hydrogens is 308 g/mol. The van der Waals surface area contributed by atoms with Crippen LogP contribution in [0, 0.1) is 0 Å². The maximum Gasteiger partial charge on any atom is 0.171 e. The van der Waals surface area contributed by atoms with E-state index in [0.717, 1.165) is 16.6 Å². The quantitative estimate of drug-likeness (QED) is 0.748. The fourth-order valence-electron chi connectivity index (χ4n) is 2.65. The monoisotopic (exact) mass is 328 g/mol. The summed E-state index contributed by atoms with van der Waals surface area (Å²) < 4.78 is 21.8. The summed E-state index contributed by atoms with van der Waals surface area (Å²) in [5.74, 6) is 3.32. The molecule has 1 heterocycles. The third kappa shape index (κ3) is 2.71. The summed E-state index contributed by atoms with van der Waals surface area (Å²) in [7, 11) is 4.83. The van der Waals surface area contributed by atoms with Crippen LogP contribution in [0.5, 0.6) is 23.0 Å². The van der Waals surface area contributed by atoms with Crippen molar-refractivity contribution in [1.29, 1.82) is 0 Å². The standard InChI is InChI=1S/C18H20N2O4/c1-5-24-14-8-6-7-11(17(14)23-4)18-19-12-9-15(21-2)16(22-3)10-13(12)20-18/h6-10H,5H2,1-4H3,(H,19,20). The summed E-state index contributed by atoms with van der Waals surface area (Å²) in [4.78, 5) is 7.95. The van der Waals surface area contributed by atoms with Crippen molar-refractivity contribution in [3.8, 4) is 34.4 Å². The van der Waals surface area contributed by atoms with Gasteiger partial charge in [-0.3, -0.25) is 0 Å². The number of aromatic amines is 1. The van der Waals surface area contributed by atoms with E-state index in [1.807, 2.05) is 37.3 Å². The molecule has 0 fully saturated rings. The molecule has 1 aromatic heterocycles. The number of methoxy groups -OCH3 is 3. The highest BCUT2D eigenvalue weighted by atomic mass is 16.5. The fraction of sp³-hybridized carbons (Fsp3) is 0.278. The molecule has 1 N–H and O–H groups in total. The second-order valence-corrected chi connectivity index (χ2v) is 5.08. The number of rotatable bonds is 6. The molecule has 0 aliphatic rings. The largest absolute Gasteiger partial charge is 0.493 e. The van der Waals surface area contributed by atoms with Crippen molar-refractivity contribution in [3.63, 3.8) is 0 Å². The van der Waals surface area contributed by atoms with Crippen molar-refractivity contribution < 1.29 is 18.9 Å². The Bertz CT molecular complexity index is 817. The maximum atomic E-state index is 5.63. The van der Waals surface area contributed by atoms with E-state index in [1.165, 1.54) is 0 Å². The van der Waals surface area contributed by atoms with Gasteiger partial charge in [0, 0.05) is 12.1 Å². The van der Waals surface area contributed by atoms with E-state index in [4.69, 9.17) is 18.9 Å². The first kappa shape index (κ1) is 16.0. The number of hydrogen-bond acceptors (Lipinski definition) is 5. The molecular formula is C18H20N2O4. The van der Waals surface area contributed by atoms with E-state index in [2.05, 4.69) is 9.97 Å². The Labute approximate surface area is 140 Å². The molecule has 0 radical (unpaired) electrons. The van der Waals surface area contributed by atoms with Gasteiger partial charge in [0.1, 0.15) is 5.82 Å². The highest BCUT2D eigenvalue weighted by Gasteiger charge is 2.16. The lowest BCUT2D eigenvalue weighted by atomic mass is 10.1. The van der Waals surface area contributed by atoms with E-state index in [0.29, 0.717) is 35.4 Å². The van der Waals surface area contributed by atoms with Crippen molar-refractivity contribution >= 4 is 11.0 Å². The minimum atomic E-state index is 0.564. The smallest absolute Gasteiger partial charge is 0.171 e. The molecule has 24 heavy (non-hydrogen) atoms. The van der Waals surface area contributed by atoms with Gasteiger partial charge < -0.3 is 23.9 Å². The van der Waals surface area contributed by atoms with Crippen LogP contribution in [0.1, 0.15) is 6.92 Å². The minimum Gasteiger partial charge on any atom is -0.493 e. The molecule has 0 amide bonds. The molecule has 0 aliphatic heterocycles. The van der Waals surface area contributed by atoms with Crippen LogP contribution < -0.4 is 18.9 Å². The first-order valence-electron chi connectivity index (χ1n) is 7.63. The Balaban J connectivity index is 2.15. The van der Waals surface area contributed by atoms with Crippen LogP contribution in [0.4, 0.5) is 0 Å². The van der Waals surface area contributed by atoms with Crippen LogP contribution in [0.3, 0.4) is 0 Å². The average molecular weight is 328 g/mol. The molecule has 0 atom stereocenters. The summed E-state index contributed by atoms with van der Waals surface area (Å²) in [6.07, 6.45) is 0. The van der Waals surface area contributed by atoms with Crippen LogP contribution in [-0.2, 0) is 0 Å². The third-order valence-corrected chi connectivity index (χ3v) is 3.73. The van der Waals surface area contributed by atoms with Gasteiger partial charge in [0.25, 0.3) is 0 Å². The van der Waals surface area contributed by atoms with Gasteiger partial charge in [-0.25, -0.2) is 4.98 Å². The number of nitrogens with one attached hydrogen (secondary N) is 1. The second kappa shape index (κ2) is 6.70. The summed E-state index contributed by atoms with van der Waals surface area (Å²) in [6.45, 7) is 2.50. The zero-order valence-corrected chi connectivity index (χ0v) is 14.2. The Kier molecular flexibility index (Phi) is 4.46. The molecule has 0 saturated carbocycles. The van der Waals surface area contributed by atoms with Crippen molar-refractivity contribution in [3.05, 3.63) is 30.3 Å². The topological polar surface area (TPSA) is 65.6 Å². The van der Waals surface area contributed by atoms with E-state index >= 15 is 0 Å². The van der Waals surface area contributed by atoms with Crippen molar-refractivity contribution in [2.24, 2.45) is 0 Å². The Morgan fingerprint density at radius 3 is 2.38 bits per heavy atom. The van der Waals surface area contributed by atoms with Crippen LogP contribution in [0.2, 0.25) is 0 Å². The number of imidazole rings is 1. The summed E-state index contributed by atoms with van der Waals surface area (Å²) >= 11 is 0. The van der Waals surface area contributed by atoms with Crippen molar-refractivity contribution in [2.45, 2.75) is 6.92 Å². The number of benzene rings is 2. The molecule has 2 aromatic carbocycles. The summed E-state index contributed by atoms with van der Waals surface area (Å²) in [6, 6.07) is 9.43. The van der Waals surface area contributed by atoms with Crippen LogP contribution >= 0.6 is 0 Å². The maximum absolute atomic E-state index is 5.63.